The predicted molar refractivity (Wildman–Crippen MR) is 115 cm³/mol. The number of methoxy groups -OCH3 is 4. The third-order valence-corrected chi connectivity index (χ3v) is 11.0. The summed E-state index contributed by atoms with van der Waals surface area (Å²) in [6.45, 7) is 3.61. The Bertz CT molecular complexity index is 282. The summed E-state index contributed by atoms with van der Waals surface area (Å²) in [5.74, 6) is 0.590. The Hall–Kier alpha value is 1.24. The lowest BCUT2D eigenvalue weighted by molar-refractivity contribution is -0.311. The fraction of sp³-hybridized carbons (Fsp3) is 1.00. The minimum Gasteiger partial charge on any atom is -0.376 e. The van der Waals surface area contributed by atoms with Crippen LogP contribution in [0, 0.1) is 0 Å². The molecule has 0 aliphatic heterocycles. The van der Waals surface area contributed by atoms with Crippen LogP contribution in [0.25, 0.3) is 0 Å². The zero-order chi connectivity index (χ0) is 19.0. The number of ether oxygens (including phenoxy) is 4. The van der Waals surface area contributed by atoms with E-state index in [1.54, 1.807) is 42.3 Å². The van der Waals surface area contributed by atoms with Crippen LogP contribution in [0.3, 0.4) is 0 Å². The second kappa shape index (κ2) is 16.2. The Balaban J connectivity index is 3.32. The molecule has 0 radical (unpaired) electrons. The molecule has 0 amide bonds. The maximum atomic E-state index is 5.70. The summed E-state index contributed by atoms with van der Waals surface area (Å²) in [5.41, 5.74) is 0. The standard InChI is InChI=1S/C14H34O6S3Si2/c1-13(15-3,16-4)19-24-11-7-9-21-23-22-10-8-12-25-20-14(2,17-5)18-6/h7-12,24-25H2,1-6H3. The molecular weight excluding hydrogens is 417 g/mol. The molecule has 152 valence electrons. The SMILES string of the molecule is COC(C)(OC)O[SiH2]CCCSSSCCC[SiH2]OC(C)(OC)OC. The maximum Gasteiger partial charge on any atom is 0.269 e. The van der Waals surface area contributed by atoms with Crippen molar-refractivity contribution in [3.05, 3.63) is 0 Å². The van der Waals surface area contributed by atoms with Crippen molar-refractivity contribution in [2.75, 3.05) is 39.9 Å². The lowest BCUT2D eigenvalue weighted by Crippen LogP contribution is -2.34. The normalized spacial score (nSPS) is 13.7. The molecular formula is C14H34O6S3Si2. The van der Waals surface area contributed by atoms with Gasteiger partial charge in [0.25, 0.3) is 11.9 Å². The summed E-state index contributed by atoms with van der Waals surface area (Å²) in [6, 6.07) is 2.28. The smallest absolute Gasteiger partial charge is 0.269 e. The van der Waals surface area contributed by atoms with Crippen molar-refractivity contribution in [3.8, 4) is 0 Å². The third-order valence-electron chi connectivity index (χ3n) is 3.55. The Morgan fingerprint density at radius 1 is 0.680 bits per heavy atom. The van der Waals surface area contributed by atoms with Crippen molar-refractivity contribution >= 4 is 50.9 Å². The van der Waals surface area contributed by atoms with Gasteiger partial charge in [-0.1, -0.05) is 21.6 Å². The lowest BCUT2D eigenvalue weighted by atomic mass is 10.6. The molecule has 0 N–H and O–H groups in total. The van der Waals surface area contributed by atoms with Crippen molar-refractivity contribution < 1.29 is 27.8 Å². The number of hydrogen-bond acceptors (Lipinski definition) is 9. The highest BCUT2D eigenvalue weighted by Gasteiger charge is 2.23. The van der Waals surface area contributed by atoms with E-state index < -0.39 is 31.5 Å². The second-order valence-electron chi connectivity index (χ2n) is 5.36. The molecule has 0 aromatic rings. The summed E-state index contributed by atoms with van der Waals surface area (Å²) in [6.07, 6.45) is 2.36. The molecule has 0 spiro atoms. The van der Waals surface area contributed by atoms with Gasteiger partial charge in [-0.25, -0.2) is 0 Å². The first kappa shape index (κ1) is 26.2. The van der Waals surface area contributed by atoms with Gasteiger partial charge < -0.3 is 27.8 Å². The van der Waals surface area contributed by atoms with Gasteiger partial charge in [0.15, 0.2) is 19.5 Å². The van der Waals surface area contributed by atoms with Crippen LogP contribution in [-0.4, -0.2) is 71.4 Å². The van der Waals surface area contributed by atoms with Crippen LogP contribution in [0.2, 0.25) is 12.1 Å². The van der Waals surface area contributed by atoms with Gasteiger partial charge in [0.2, 0.25) is 0 Å². The van der Waals surface area contributed by atoms with Crippen LogP contribution in [0.1, 0.15) is 26.7 Å². The van der Waals surface area contributed by atoms with Gasteiger partial charge in [-0.05, 0) is 34.8 Å². The van der Waals surface area contributed by atoms with Crippen LogP contribution in [-0.2, 0) is 27.8 Å². The Labute approximate surface area is 169 Å². The Morgan fingerprint density at radius 2 is 1.04 bits per heavy atom. The molecule has 0 rings (SSSR count). The van der Waals surface area contributed by atoms with Gasteiger partial charge in [0.1, 0.15) is 0 Å². The van der Waals surface area contributed by atoms with E-state index in [1.165, 1.54) is 12.8 Å². The van der Waals surface area contributed by atoms with Crippen molar-refractivity contribution in [1.29, 1.82) is 0 Å². The van der Waals surface area contributed by atoms with Gasteiger partial charge in [-0.15, -0.1) is 0 Å². The third kappa shape index (κ3) is 14.0. The summed E-state index contributed by atoms with van der Waals surface area (Å²) >= 11 is 0. The summed E-state index contributed by atoms with van der Waals surface area (Å²) < 4.78 is 32.1. The molecule has 0 fully saturated rings. The van der Waals surface area contributed by atoms with Crippen LogP contribution < -0.4 is 0 Å². The summed E-state index contributed by atoms with van der Waals surface area (Å²) in [4.78, 5) is 0. The van der Waals surface area contributed by atoms with Crippen molar-refractivity contribution in [1.82, 2.24) is 0 Å². The number of hydrogen-bond donors (Lipinski definition) is 0. The molecule has 0 atom stereocenters. The van der Waals surface area contributed by atoms with E-state index in [-0.39, 0.29) is 0 Å². The van der Waals surface area contributed by atoms with E-state index in [0.29, 0.717) is 0 Å². The first-order valence-corrected chi connectivity index (χ1v) is 15.3. The summed E-state index contributed by atoms with van der Waals surface area (Å²) in [7, 11) is 10.9. The van der Waals surface area contributed by atoms with E-state index in [4.69, 9.17) is 27.8 Å². The van der Waals surface area contributed by atoms with Gasteiger partial charge in [-0.3, -0.25) is 0 Å². The minimum atomic E-state index is -0.860. The average Bonchev–Trinajstić information content (AvgIpc) is 2.65. The fourth-order valence-corrected chi connectivity index (χ4v) is 8.68. The highest BCUT2D eigenvalue weighted by atomic mass is 33.5. The molecule has 11 heteroatoms. The van der Waals surface area contributed by atoms with Gasteiger partial charge in [0, 0.05) is 53.8 Å². The van der Waals surface area contributed by atoms with E-state index in [9.17, 15) is 0 Å². The van der Waals surface area contributed by atoms with Crippen molar-refractivity contribution in [2.45, 2.75) is 50.7 Å². The highest BCUT2D eigenvalue weighted by molar-refractivity contribution is 9.09. The zero-order valence-electron chi connectivity index (χ0n) is 16.3. The molecule has 0 bridgehead atoms. The highest BCUT2D eigenvalue weighted by Crippen LogP contribution is 2.35. The first-order chi connectivity index (χ1) is 11.9. The van der Waals surface area contributed by atoms with Crippen LogP contribution in [0.4, 0.5) is 0 Å². The van der Waals surface area contributed by atoms with Gasteiger partial charge >= 0.3 is 0 Å². The molecule has 25 heavy (non-hydrogen) atoms. The van der Waals surface area contributed by atoms with Crippen molar-refractivity contribution in [2.24, 2.45) is 0 Å². The zero-order valence-corrected chi connectivity index (χ0v) is 21.6. The van der Waals surface area contributed by atoms with Gasteiger partial charge in [0.05, 0.1) is 0 Å². The Kier molecular flexibility index (Phi) is 17.0. The van der Waals surface area contributed by atoms with Crippen molar-refractivity contribution in [3.63, 3.8) is 0 Å². The molecule has 0 unspecified atom stereocenters. The molecule has 0 aliphatic carbocycles. The van der Waals surface area contributed by atoms with Crippen LogP contribution in [0.5, 0.6) is 0 Å². The van der Waals surface area contributed by atoms with E-state index >= 15 is 0 Å². The Morgan fingerprint density at radius 3 is 1.36 bits per heavy atom. The number of rotatable bonds is 18. The van der Waals surface area contributed by atoms with Crippen LogP contribution >= 0.6 is 31.4 Å². The predicted octanol–water partition coefficient (Wildman–Crippen LogP) is 2.77. The molecule has 0 aromatic carbocycles. The van der Waals surface area contributed by atoms with E-state index in [0.717, 1.165) is 23.6 Å². The molecule has 0 saturated carbocycles. The van der Waals surface area contributed by atoms with E-state index in [1.807, 2.05) is 31.4 Å². The maximum absolute atomic E-state index is 5.70. The molecule has 0 saturated heterocycles. The minimum absolute atomic E-state index is 0.593. The fourth-order valence-electron chi connectivity index (χ4n) is 1.55. The van der Waals surface area contributed by atoms with E-state index in [2.05, 4.69) is 0 Å². The molecule has 0 aromatic heterocycles. The molecule has 0 aliphatic rings. The largest absolute Gasteiger partial charge is 0.376 e. The topological polar surface area (TPSA) is 55.4 Å². The first-order valence-electron chi connectivity index (χ1n) is 8.35. The van der Waals surface area contributed by atoms with Crippen LogP contribution in [0.15, 0.2) is 0 Å². The second-order valence-corrected chi connectivity index (χ2v) is 12.6. The average molecular weight is 451 g/mol. The quantitative estimate of drug-likeness (QED) is 0.136. The molecule has 0 heterocycles. The lowest BCUT2D eigenvalue weighted by Gasteiger charge is -2.26. The van der Waals surface area contributed by atoms with Gasteiger partial charge in [-0.2, -0.15) is 0 Å². The monoisotopic (exact) mass is 450 g/mol. The molecule has 6 nitrogen and oxygen atoms in total. The summed E-state index contributed by atoms with van der Waals surface area (Å²) in [5, 5.41) is 0.